The second-order valence-corrected chi connectivity index (χ2v) is 9.77. The molecular formula is C17H17FN2O10S. The fourth-order valence-electron chi connectivity index (χ4n) is 3.55. The van der Waals surface area contributed by atoms with Gasteiger partial charge in [0.15, 0.2) is 39.0 Å². The summed E-state index contributed by atoms with van der Waals surface area (Å²) in [5.41, 5.74) is -0.630. The lowest BCUT2D eigenvalue weighted by Crippen LogP contribution is -2.58. The number of carboxylic acids is 1. The van der Waals surface area contributed by atoms with Crippen LogP contribution in [-0.4, -0.2) is 81.7 Å². The van der Waals surface area contributed by atoms with Crippen LogP contribution >= 0.6 is 0 Å². The molecule has 2 amide bonds. The SMILES string of the molecule is C[C@]1(COC(=O)NCC(=O)c2ccc(O)c(O)c2F)[C@H](C(=O)O)N2C(=O)C[C@H]2S1(=O)=O. The number of sulfone groups is 1. The molecule has 2 heterocycles. The number of aliphatic carboxylic acids is 1. The van der Waals surface area contributed by atoms with Gasteiger partial charge in [-0.1, -0.05) is 0 Å². The van der Waals surface area contributed by atoms with Gasteiger partial charge in [0.1, 0.15) is 16.7 Å². The molecule has 2 aliphatic rings. The van der Waals surface area contributed by atoms with Gasteiger partial charge < -0.3 is 30.3 Å². The number of β-lactam (4-membered cyclic amide) rings is 1. The van der Waals surface area contributed by atoms with Gasteiger partial charge in [0.25, 0.3) is 0 Å². The molecule has 1 aromatic rings. The largest absolute Gasteiger partial charge is 0.504 e. The number of ketones is 1. The van der Waals surface area contributed by atoms with Crippen molar-refractivity contribution in [2.45, 2.75) is 29.5 Å². The summed E-state index contributed by atoms with van der Waals surface area (Å²) in [5, 5.41) is 28.6. The third kappa shape index (κ3) is 3.32. The number of hydrogen-bond acceptors (Lipinski definition) is 9. The average Bonchev–Trinajstić information content (AvgIpc) is 2.83. The van der Waals surface area contributed by atoms with Crippen molar-refractivity contribution in [3.63, 3.8) is 0 Å². The van der Waals surface area contributed by atoms with Gasteiger partial charge >= 0.3 is 12.1 Å². The number of phenolic OH excluding ortho intramolecular Hbond substituents is 2. The Kier molecular flexibility index (Phi) is 5.29. The van der Waals surface area contributed by atoms with E-state index in [0.29, 0.717) is 0 Å². The molecule has 0 unspecified atom stereocenters. The predicted molar refractivity (Wildman–Crippen MR) is 97.4 cm³/mol. The summed E-state index contributed by atoms with van der Waals surface area (Å²) in [6.45, 7) is -0.681. The molecule has 1 aromatic carbocycles. The van der Waals surface area contributed by atoms with Crippen molar-refractivity contribution in [2.75, 3.05) is 13.2 Å². The fourth-order valence-corrected chi connectivity index (χ4v) is 5.82. The van der Waals surface area contributed by atoms with E-state index >= 15 is 0 Å². The van der Waals surface area contributed by atoms with Gasteiger partial charge in [-0.2, -0.15) is 0 Å². The Balaban J connectivity index is 1.66. The molecule has 3 rings (SSSR count). The van der Waals surface area contributed by atoms with E-state index in [1.807, 2.05) is 5.32 Å². The number of benzene rings is 1. The molecule has 168 valence electrons. The minimum atomic E-state index is -4.19. The van der Waals surface area contributed by atoms with Crippen molar-refractivity contribution >= 4 is 33.6 Å². The van der Waals surface area contributed by atoms with Crippen molar-refractivity contribution in [3.8, 4) is 11.5 Å². The van der Waals surface area contributed by atoms with Crippen molar-refractivity contribution in [2.24, 2.45) is 0 Å². The predicted octanol–water partition coefficient (Wildman–Crippen LogP) is -0.655. The Morgan fingerprint density at radius 2 is 1.97 bits per heavy atom. The highest BCUT2D eigenvalue weighted by molar-refractivity contribution is 7.94. The van der Waals surface area contributed by atoms with Gasteiger partial charge in [0.05, 0.1) is 18.5 Å². The first-order chi connectivity index (χ1) is 14.3. The van der Waals surface area contributed by atoms with Crippen molar-refractivity contribution in [3.05, 3.63) is 23.5 Å². The maximum Gasteiger partial charge on any atom is 0.407 e. The lowest BCUT2D eigenvalue weighted by molar-refractivity contribution is -0.158. The lowest BCUT2D eigenvalue weighted by Gasteiger charge is -2.35. The zero-order valence-corrected chi connectivity index (χ0v) is 16.7. The number of halogens is 1. The summed E-state index contributed by atoms with van der Waals surface area (Å²) in [6, 6.07) is -0.00987. The van der Waals surface area contributed by atoms with Crippen LogP contribution in [0.2, 0.25) is 0 Å². The number of amides is 2. The fraction of sp³-hybridized carbons (Fsp3) is 0.412. The van der Waals surface area contributed by atoms with Crippen LogP contribution in [0.4, 0.5) is 9.18 Å². The Hall–Kier alpha value is -3.42. The third-order valence-electron chi connectivity index (χ3n) is 5.32. The third-order valence-corrected chi connectivity index (χ3v) is 8.08. The Bertz CT molecular complexity index is 1100. The van der Waals surface area contributed by atoms with Crippen LogP contribution < -0.4 is 5.32 Å². The zero-order valence-electron chi connectivity index (χ0n) is 15.9. The number of aromatic hydroxyl groups is 2. The van der Waals surface area contributed by atoms with E-state index in [0.717, 1.165) is 24.0 Å². The smallest absolute Gasteiger partial charge is 0.407 e. The van der Waals surface area contributed by atoms with E-state index in [9.17, 15) is 47.3 Å². The molecule has 0 saturated carbocycles. The summed E-state index contributed by atoms with van der Waals surface area (Å²) in [5.74, 6) is -6.57. The maximum absolute atomic E-state index is 13.8. The topological polar surface area (TPSA) is 188 Å². The Morgan fingerprint density at radius 3 is 2.55 bits per heavy atom. The van der Waals surface area contributed by atoms with Crippen LogP contribution in [0, 0.1) is 5.82 Å². The first-order valence-corrected chi connectivity index (χ1v) is 10.3. The van der Waals surface area contributed by atoms with Gasteiger partial charge in [-0.3, -0.25) is 9.59 Å². The van der Waals surface area contributed by atoms with E-state index in [4.69, 9.17) is 4.74 Å². The number of carbonyl (C=O) groups is 4. The van der Waals surface area contributed by atoms with Crippen LogP contribution in [0.5, 0.6) is 11.5 Å². The second-order valence-electron chi connectivity index (χ2n) is 7.21. The van der Waals surface area contributed by atoms with Crippen molar-refractivity contribution in [1.82, 2.24) is 10.2 Å². The molecule has 2 fully saturated rings. The molecule has 0 aromatic heterocycles. The van der Waals surface area contributed by atoms with E-state index in [1.54, 1.807) is 0 Å². The number of nitrogens with zero attached hydrogens (tertiary/aromatic N) is 1. The summed E-state index contributed by atoms with van der Waals surface area (Å²) >= 11 is 0. The molecule has 2 aliphatic heterocycles. The first kappa shape index (κ1) is 22.3. The van der Waals surface area contributed by atoms with E-state index in [1.165, 1.54) is 0 Å². The minimum Gasteiger partial charge on any atom is -0.504 e. The number of hydrogen-bond donors (Lipinski definition) is 4. The molecule has 3 atom stereocenters. The van der Waals surface area contributed by atoms with Gasteiger partial charge in [-0.15, -0.1) is 0 Å². The highest BCUT2D eigenvalue weighted by atomic mass is 32.2. The highest BCUT2D eigenvalue weighted by Gasteiger charge is 2.70. The molecule has 0 radical (unpaired) electrons. The maximum atomic E-state index is 13.8. The van der Waals surface area contributed by atoms with Crippen molar-refractivity contribution in [1.29, 1.82) is 0 Å². The monoisotopic (exact) mass is 460 g/mol. The van der Waals surface area contributed by atoms with Crippen molar-refractivity contribution < 1.29 is 52.0 Å². The van der Waals surface area contributed by atoms with E-state index in [-0.39, 0.29) is 6.42 Å². The first-order valence-electron chi connectivity index (χ1n) is 8.74. The summed E-state index contributed by atoms with van der Waals surface area (Å²) in [4.78, 5) is 48.0. The quantitative estimate of drug-likeness (QED) is 0.241. The minimum absolute atomic E-state index is 0.368. The molecule has 31 heavy (non-hydrogen) atoms. The Morgan fingerprint density at radius 1 is 1.32 bits per heavy atom. The number of fused-ring (bicyclic) bond motifs is 1. The second kappa shape index (κ2) is 7.37. The number of alkyl carbamates (subject to hydrolysis) is 1. The molecular weight excluding hydrogens is 443 g/mol. The van der Waals surface area contributed by atoms with Gasteiger partial charge in [0.2, 0.25) is 5.91 Å². The highest BCUT2D eigenvalue weighted by Crippen LogP contribution is 2.46. The summed E-state index contributed by atoms with van der Waals surface area (Å²) < 4.78 is 41.9. The van der Waals surface area contributed by atoms with Crippen LogP contribution in [0.3, 0.4) is 0 Å². The number of Topliss-reactive ketones (excluding diaryl/α,β-unsaturated/α-hetero) is 1. The Labute approximate surface area is 174 Å². The summed E-state index contributed by atoms with van der Waals surface area (Å²) in [7, 11) is -4.19. The van der Waals surface area contributed by atoms with Crippen LogP contribution in [0.25, 0.3) is 0 Å². The van der Waals surface area contributed by atoms with Gasteiger partial charge in [0, 0.05) is 0 Å². The summed E-state index contributed by atoms with van der Waals surface area (Å²) in [6.07, 6.45) is -1.66. The average molecular weight is 460 g/mol. The van der Waals surface area contributed by atoms with Gasteiger partial charge in [-0.05, 0) is 19.1 Å². The molecule has 14 heteroatoms. The number of ether oxygens (including phenoxy) is 1. The molecule has 0 bridgehead atoms. The van der Waals surface area contributed by atoms with Gasteiger partial charge in [-0.25, -0.2) is 22.4 Å². The number of phenols is 2. The molecule has 0 spiro atoms. The van der Waals surface area contributed by atoms with Crippen LogP contribution in [0.1, 0.15) is 23.7 Å². The zero-order chi connectivity index (χ0) is 23.3. The number of carbonyl (C=O) groups excluding carboxylic acids is 3. The van der Waals surface area contributed by atoms with E-state index < -0.39 is 85.8 Å². The number of nitrogens with one attached hydrogen (secondary N) is 1. The normalized spacial score (nSPS) is 26.0. The number of rotatable bonds is 6. The van der Waals surface area contributed by atoms with Crippen LogP contribution in [0.15, 0.2) is 12.1 Å². The van der Waals surface area contributed by atoms with Crippen LogP contribution in [-0.2, 0) is 24.2 Å². The number of carboxylic acid groups (broad SMARTS) is 1. The standard InChI is InChI=1S/C17H17FN2O10S/c1-17(14(15(25)26)20-10(23)4-11(20)31(17,28)29)6-30-16(27)19-5-9(22)7-2-3-8(21)13(24)12(7)18/h2-3,11,14,21,24H,4-6H2,1H3,(H,19,27)(H,25,26)/t11-,14+,17+/m1/s1. The molecule has 2 saturated heterocycles. The molecule has 4 N–H and O–H groups in total. The lowest BCUT2D eigenvalue weighted by atomic mass is 9.97. The molecule has 12 nitrogen and oxygen atoms in total. The molecule has 0 aliphatic carbocycles. The van der Waals surface area contributed by atoms with E-state index in [2.05, 4.69) is 0 Å².